The van der Waals surface area contributed by atoms with Gasteiger partial charge in [0.2, 0.25) is 0 Å². The summed E-state index contributed by atoms with van der Waals surface area (Å²) in [5.41, 5.74) is 1.71. The van der Waals surface area contributed by atoms with Crippen LogP contribution >= 0.6 is 0 Å². The van der Waals surface area contributed by atoms with Gasteiger partial charge in [0.05, 0.1) is 6.20 Å². The molecule has 3 aromatic heterocycles. The van der Waals surface area contributed by atoms with E-state index in [2.05, 4.69) is 25.4 Å². The molecule has 0 amide bonds. The SMILES string of the molecule is Cc1cc(NCC2CCCCN2c2ccc(=O)n(C)n2)n2nccc2n1. The van der Waals surface area contributed by atoms with Crippen molar-refractivity contribution >= 4 is 17.3 Å². The van der Waals surface area contributed by atoms with Gasteiger partial charge >= 0.3 is 0 Å². The zero-order valence-electron chi connectivity index (χ0n) is 15.1. The van der Waals surface area contributed by atoms with Gasteiger partial charge in [-0.3, -0.25) is 4.79 Å². The molecule has 0 saturated carbocycles. The largest absolute Gasteiger partial charge is 0.368 e. The minimum Gasteiger partial charge on any atom is -0.368 e. The summed E-state index contributed by atoms with van der Waals surface area (Å²) in [6, 6.07) is 7.63. The molecule has 0 radical (unpaired) electrons. The van der Waals surface area contributed by atoms with Crippen molar-refractivity contribution < 1.29 is 0 Å². The fourth-order valence-corrected chi connectivity index (χ4v) is 3.54. The monoisotopic (exact) mass is 353 g/mol. The summed E-state index contributed by atoms with van der Waals surface area (Å²) >= 11 is 0. The van der Waals surface area contributed by atoms with Crippen molar-refractivity contribution in [2.75, 3.05) is 23.3 Å². The van der Waals surface area contributed by atoms with Gasteiger partial charge in [-0.25, -0.2) is 9.67 Å². The van der Waals surface area contributed by atoms with Gasteiger partial charge in [-0.05, 0) is 32.3 Å². The maximum absolute atomic E-state index is 11.6. The third kappa shape index (κ3) is 3.14. The summed E-state index contributed by atoms with van der Waals surface area (Å²) < 4.78 is 3.22. The highest BCUT2D eigenvalue weighted by molar-refractivity contribution is 5.49. The van der Waals surface area contributed by atoms with Crippen LogP contribution in [0.15, 0.2) is 35.3 Å². The molecule has 0 bridgehead atoms. The van der Waals surface area contributed by atoms with E-state index < -0.39 is 0 Å². The van der Waals surface area contributed by atoms with Gasteiger partial charge < -0.3 is 10.2 Å². The average Bonchev–Trinajstić information content (AvgIpc) is 3.10. The van der Waals surface area contributed by atoms with Gasteiger partial charge in [0, 0.05) is 50.1 Å². The van der Waals surface area contributed by atoms with Crippen LogP contribution in [0, 0.1) is 6.92 Å². The first kappa shape index (κ1) is 16.6. The molecule has 1 fully saturated rings. The number of piperidine rings is 1. The Morgan fingerprint density at radius 3 is 3.00 bits per heavy atom. The van der Waals surface area contributed by atoms with E-state index in [1.165, 1.54) is 11.1 Å². The van der Waals surface area contributed by atoms with Crippen LogP contribution in [-0.2, 0) is 7.05 Å². The predicted molar refractivity (Wildman–Crippen MR) is 101 cm³/mol. The lowest BCUT2D eigenvalue weighted by atomic mass is 10.0. The van der Waals surface area contributed by atoms with E-state index in [1.54, 1.807) is 19.3 Å². The van der Waals surface area contributed by atoms with Crippen molar-refractivity contribution in [3.8, 4) is 0 Å². The van der Waals surface area contributed by atoms with E-state index in [0.717, 1.165) is 48.9 Å². The number of aromatic nitrogens is 5. The quantitative estimate of drug-likeness (QED) is 0.767. The lowest BCUT2D eigenvalue weighted by Crippen LogP contribution is -2.45. The van der Waals surface area contributed by atoms with Crippen LogP contribution in [-0.4, -0.2) is 43.5 Å². The Morgan fingerprint density at radius 1 is 1.27 bits per heavy atom. The smallest absolute Gasteiger partial charge is 0.266 e. The number of hydrogen-bond donors (Lipinski definition) is 1. The fourth-order valence-electron chi connectivity index (χ4n) is 3.54. The van der Waals surface area contributed by atoms with Crippen molar-refractivity contribution in [3.05, 3.63) is 46.5 Å². The topological polar surface area (TPSA) is 80.4 Å². The summed E-state index contributed by atoms with van der Waals surface area (Å²) in [5, 5.41) is 12.3. The lowest BCUT2D eigenvalue weighted by Gasteiger charge is -2.36. The number of fused-ring (bicyclic) bond motifs is 1. The number of rotatable bonds is 4. The lowest BCUT2D eigenvalue weighted by molar-refractivity contribution is 0.464. The molecule has 0 aliphatic carbocycles. The van der Waals surface area contributed by atoms with E-state index >= 15 is 0 Å². The summed E-state index contributed by atoms with van der Waals surface area (Å²) in [6.07, 6.45) is 5.18. The molecule has 1 saturated heterocycles. The Hall–Kier alpha value is -2.90. The van der Waals surface area contributed by atoms with Gasteiger partial charge in [0.25, 0.3) is 5.56 Å². The first-order valence-corrected chi connectivity index (χ1v) is 8.98. The molecule has 136 valence electrons. The zero-order valence-corrected chi connectivity index (χ0v) is 15.1. The highest BCUT2D eigenvalue weighted by atomic mass is 16.1. The molecule has 4 heterocycles. The Bertz CT molecular complexity index is 977. The molecular weight excluding hydrogens is 330 g/mol. The first-order valence-electron chi connectivity index (χ1n) is 8.98. The van der Waals surface area contributed by atoms with Crippen LogP contribution in [0.1, 0.15) is 25.0 Å². The minimum atomic E-state index is -0.0891. The summed E-state index contributed by atoms with van der Waals surface area (Å²) in [5.74, 6) is 1.80. The van der Waals surface area contributed by atoms with Crippen LogP contribution in [0.2, 0.25) is 0 Å². The Kier molecular flexibility index (Phi) is 4.32. The number of hydrogen-bond acceptors (Lipinski definition) is 6. The van der Waals surface area contributed by atoms with Crippen molar-refractivity contribution in [2.24, 2.45) is 7.05 Å². The number of anilines is 2. The van der Waals surface area contributed by atoms with Crippen molar-refractivity contribution in [2.45, 2.75) is 32.2 Å². The Balaban J connectivity index is 1.56. The third-order valence-electron chi connectivity index (χ3n) is 4.87. The maximum Gasteiger partial charge on any atom is 0.266 e. The molecule has 1 atom stereocenters. The van der Waals surface area contributed by atoms with Gasteiger partial charge in [-0.2, -0.15) is 14.7 Å². The standard InChI is InChI=1S/C18H23N7O/c1-13-11-17(25-15(21-13)8-9-20-25)19-12-14-5-3-4-10-24(14)16-6-7-18(26)23(2)22-16/h6-9,11,14,19H,3-5,10,12H2,1-2H3. The Labute approximate surface area is 151 Å². The second kappa shape index (κ2) is 6.78. The molecule has 1 N–H and O–H groups in total. The summed E-state index contributed by atoms with van der Waals surface area (Å²) in [4.78, 5) is 18.4. The van der Waals surface area contributed by atoms with Crippen LogP contribution in [0.25, 0.3) is 5.65 Å². The maximum atomic E-state index is 11.6. The Morgan fingerprint density at radius 2 is 2.15 bits per heavy atom. The van der Waals surface area contributed by atoms with Crippen LogP contribution in [0.4, 0.5) is 11.6 Å². The fraction of sp³-hybridized carbons (Fsp3) is 0.444. The molecular formula is C18H23N7O. The summed E-state index contributed by atoms with van der Waals surface area (Å²) in [7, 11) is 1.69. The van der Waals surface area contributed by atoms with E-state index in [0.29, 0.717) is 6.04 Å². The first-order chi connectivity index (χ1) is 12.6. The van der Waals surface area contributed by atoms with Crippen molar-refractivity contribution in [3.63, 3.8) is 0 Å². The van der Waals surface area contributed by atoms with Crippen molar-refractivity contribution in [1.29, 1.82) is 0 Å². The highest BCUT2D eigenvalue weighted by Gasteiger charge is 2.24. The molecule has 1 unspecified atom stereocenters. The van der Waals surface area contributed by atoms with Crippen LogP contribution in [0.5, 0.6) is 0 Å². The van der Waals surface area contributed by atoms with Crippen molar-refractivity contribution in [1.82, 2.24) is 24.4 Å². The van der Waals surface area contributed by atoms with Crippen LogP contribution in [0.3, 0.4) is 0 Å². The van der Waals surface area contributed by atoms with E-state index in [1.807, 2.05) is 29.6 Å². The van der Waals surface area contributed by atoms with Gasteiger partial charge in [-0.1, -0.05) is 0 Å². The molecule has 3 aromatic rings. The zero-order chi connectivity index (χ0) is 18.1. The predicted octanol–water partition coefficient (Wildman–Crippen LogP) is 1.60. The molecule has 0 aromatic carbocycles. The molecule has 1 aliphatic rings. The van der Waals surface area contributed by atoms with E-state index in [4.69, 9.17) is 0 Å². The molecule has 8 heteroatoms. The van der Waals surface area contributed by atoms with E-state index in [-0.39, 0.29) is 5.56 Å². The molecule has 0 spiro atoms. The van der Waals surface area contributed by atoms with Gasteiger partial charge in [0.1, 0.15) is 11.6 Å². The number of nitrogens with one attached hydrogen (secondary N) is 1. The second-order valence-corrected chi connectivity index (χ2v) is 6.76. The minimum absolute atomic E-state index is 0.0891. The van der Waals surface area contributed by atoms with Crippen LogP contribution < -0.4 is 15.8 Å². The molecule has 8 nitrogen and oxygen atoms in total. The third-order valence-corrected chi connectivity index (χ3v) is 4.87. The number of nitrogens with zero attached hydrogens (tertiary/aromatic N) is 6. The summed E-state index contributed by atoms with van der Waals surface area (Å²) in [6.45, 7) is 3.71. The second-order valence-electron chi connectivity index (χ2n) is 6.76. The van der Waals surface area contributed by atoms with E-state index in [9.17, 15) is 4.79 Å². The molecule has 1 aliphatic heterocycles. The number of aryl methyl sites for hydroxylation is 2. The highest BCUT2D eigenvalue weighted by Crippen LogP contribution is 2.23. The average molecular weight is 353 g/mol. The molecule has 26 heavy (non-hydrogen) atoms. The van der Waals surface area contributed by atoms with Gasteiger partial charge in [-0.15, -0.1) is 0 Å². The normalized spacial score (nSPS) is 17.6. The van der Waals surface area contributed by atoms with Gasteiger partial charge in [0.15, 0.2) is 5.65 Å². The molecule has 4 rings (SSSR count).